The molecule has 6 heteroatoms. The molecule has 5 rings (SSSR count). The van der Waals surface area contributed by atoms with E-state index in [4.69, 9.17) is 15.1 Å². The van der Waals surface area contributed by atoms with E-state index in [1.54, 1.807) is 16.8 Å². The summed E-state index contributed by atoms with van der Waals surface area (Å²) in [6, 6.07) is 20.1. The minimum atomic E-state index is 0.165. The van der Waals surface area contributed by atoms with Crippen molar-refractivity contribution in [1.29, 1.82) is 0 Å². The molecule has 0 aliphatic rings. The van der Waals surface area contributed by atoms with Gasteiger partial charge in [0.2, 0.25) is 0 Å². The smallest absolute Gasteiger partial charge is 0.181 e. The van der Waals surface area contributed by atoms with Crippen LogP contribution < -0.4 is 0 Å². The molecule has 0 spiro atoms. The van der Waals surface area contributed by atoms with Gasteiger partial charge in [-0.3, -0.25) is 4.57 Å². The Morgan fingerprint density at radius 3 is 2.08 bits per heavy atom. The van der Waals surface area contributed by atoms with Gasteiger partial charge in [-0.15, -0.1) is 5.10 Å². The molecule has 0 saturated heterocycles. The van der Waals surface area contributed by atoms with Crippen LogP contribution in [0.2, 0.25) is 0 Å². The van der Waals surface area contributed by atoms with E-state index >= 15 is 0 Å². The lowest BCUT2D eigenvalue weighted by atomic mass is 9.87. The first-order valence-corrected chi connectivity index (χ1v) is 13.7. The number of nitrogens with zero attached hydrogens (tertiary/aromatic N) is 5. The summed E-state index contributed by atoms with van der Waals surface area (Å²) in [6.45, 7) is 15.5. The molecule has 2 aromatic heterocycles. The second kappa shape index (κ2) is 10.5. The van der Waals surface area contributed by atoms with Crippen LogP contribution in [0, 0.1) is 6.92 Å². The summed E-state index contributed by atoms with van der Waals surface area (Å²) < 4.78 is 3.92. The van der Waals surface area contributed by atoms with Crippen molar-refractivity contribution in [3.63, 3.8) is 0 Å². The predicted octanol–water partition coefficient (Wildman–Crippen LogP) is 8.17. The van der Waals surface area contributed by atoms with Crippen LogP contribution in [0.25, 0.3) is 34.2 Å². The second-order valence-corrected chi connectivity index (χ2v) is 11.1. The number of hydrogen-bond donors (Lipinski definition) is 1. The monoisotopic (exact) mass is 519 g/mol. The molecule has 5 aromatic rings. The highest BCUT2D eigenvalue weighted by Crippen LogP contribution is 2.37. The molecule has 39 heavy (non-hydrogen) atoms. The molecule has 200 valence electrons. The Morgan fingerprint density at radius 1 is 0.769 bits per heavy atom. The lowest BCUT2D eigenvalue weighted by molar-refractivity contribution is 0.470. The van der Waals surface area contributed by atoms with Crippen LogP contribution in [0.5, 0.6) is 5.75 Å². The lowest BCUT2D eigenvalue weighted by Crippen LogP contribution is -2.10. The van der Waals surface area contributed by atoms with Gasteiger partial charge in [0.05, 0.1) is 5.69 Å². The maximum atomic E-state index is 10.3. The fourth-order valence-corrected chi connectivity index (χ4v) is 5.07. The summed E-state index contributed by atoms with van der Waals surface area (Å²) in [7, 11) is 0. The average molecular weight is 520 g/mol. The summed E-state index contributed by atoms with van der Waals surface area (Å²) in [5.41, 5.74) is 7.75. The van der Waals surface area contributed by atoms with Crippen molar-refractivity contribution < 1.29 is 5.11 Å². The Kier molecular flexibility index (Phi) is 7.13. The molecule has 3 aromatic carbocycles. The Hall–Kier alpha value is -4.19. The third kappa shape index (κ3) is 4.99. The van der Waals surface area contributed by atoms with Crippen LogP contribution in [0.3, 0.4) is 0 Å². The Bertz CT molecular complexity index is 1590. The quantitative estimate of drug-likeness (QED) is 0.235. The molecule has 6 nitrogen and oxygen atoms in total. The van der Waals surface area contributed by atoms with Gasteiger partial charge >= 0.3 is 0 Å². The lowest BCUT2D eigenvalue weighted by Gasteiger charge is -2.24. The van der Waals surface area contributed by atoms with Gasteiger partial charge in [-0.05, 0) is 59.6 Å². The van der Waals surface area contributed by atoms with Crippen molar-refractivity contribution in [3.8, 4) is 39.9 Å². The minimum Gasteiger partial charge on any atom is -0.506 e. The van der Waals surface area contributed by atoms with Crippen LogP contribution >= 0.6 is 0 Å². The Balaban J connectivity index is 1.62. The number of para-hydroxylation sites is 2. The summed E-state index contributed by atoms with van der Waals surface area (Å²) in [5, 5.41) is 15.1. The molecule has 0 bridgehead atoms. The van der Waals surface area contributed by atoms with Crippen molar-refractivity contribution in [3.05, 3.63) is 95.6 Å². The number of phenols is 1. The highest BCUT2D eigenvalue weighted by molar-refractivity contribution is 5.69. The Morgan fingerprint density at radius 2 is 1.44 bits per heavy atom. The fourth-order valence-electron chi connectivity index (χ4n) is 5.07. The molecule has 0 aliphatic heterocycles. The number of phenolic OH excluding ortho intramolecular Hbond substituents is 1. The topological polar surface area (TPSA) is 68.8 Å². The minimum absolute atomic E-state index is 0.165. The normalized spacial score (nSPS) is 11.7. The maximum Gasteiger partial charge on any atom is 0.181 e. The molecule has 0 fully saturated rings. The fraction of sp³-hybridized carbons (Fsp3) is 0.303. The zero-order valence-electron chi connectivity index (χ0n) is 23.8. The molecular weight excluding hydrogens is 482 g/mol. The van der Waals surface area contributed by atoms with Crippen molar-refractivity contribution >= 4 is 0 Å². The molecular formula is C33H37N5O. The van der Waals surface area contributed by atoms with E-state index in [9.17, 15) is 5.11 Å². The van der Waals surface area contributed by atoms with Crippen molar-refractivity contribution in [2.24, 2.45) is 0 Å². The molecule has 0 amide bonds. The SMILES string of the molecule is Cc1nc(-c2cccc(-c3nccn3-c3c(C(C)C)cc(C(C)C)cc3C(C)C)c2)nn1-c1ccccc1O. The third-order valence-electron chi connectivity index (χ3n) is 7.24. The van der Waals surface area contributed by atoms with Crippen molar-refractivity contribution in [2.45, 2.75) is 66.2 Å². The van der Waals surface area contributed by atoms with Crippen LogP contribution in [0.1, 0.15) is 81.8 Å². The molecule has 0 aliphatic carbocycles. The van der Waals surface area contributed by atoms with E-state index in [-0.39, 0.29) is 5.75 Å². The number of rotatable bonds is 7. The van der Waals surface area contributed by atoms with Crippen molar-refractivity contribution in [1.82, 2.24) is 24.3 Å². The van der Waals surface area contributed by atoms with Gasteiger partial charge in [0.25, 0.3) is 0 Å². The van der Waals surface area contributed by atoms with Gasteiger partial charge < -0.3 is 5.11 Å². The largest absolute Gasteiger partial charge is 0.506 e. The molecule has 0 atom stereocenters. The third-order valence-corrected chi connectivity index (χ3v) is 7.24. The van der Waals surface area contributed by atoms with E-state index in [0.717, 1.165) is 17.0 Å². The number of aromatic nitrogens is 5. The van der Waals surface area contributed by atoms with E-state index in [1.165, 1.54) is 22.4 Å². The van der Waals surface area contributed by atoms with Crippen LogP contribution in [-0.2, 0) is 0 Å². The highest BCUT2D eigenvalue weighted by atomic mass is 16.3. The summed E-state index contributed by atoms with van der Waals surface area (Å²) in [5.74, 6) is 3.54. The summed E-state index contributed by atoms with van der Waals surface area (Å²) in [4.78, 5) is 9.54. The van der Waals surface area contributed by atoms with Crippen LogP contribution in [-0.4, -0.2) is 29.4 Å². The molecule has 2 heterocycles. The highest BCUT2D eigenvalue weighted by Gasteiger charge is 2.21. The van der Waals surface area contributed by atoms with Crippen LogP contribution in [0.15, 0.2) is 73.1 Å². The molecule has 0 radical (unpaired) electrons. The number of benzene rings is 3. The second-order valence-electron chi connectivity index (χ2n) is 11.1. The summed E-state index contributed by atoms with van der Waals surface area (Å²) >= 11 is 0. The number of aryl methyl sites for hydroxylation is 1. The van der Waals surface area contributed by atoms with Crippen LogP contribution in [0.4, 0.5) is 0 Å². The van der Waals surface area contributed by atoms with E-state index < -0.39 is 0 Å². The van der Waals surface area contributed by atoms with Gasteiger partial charge in [-0.25, -0.2) is 14.6 Å². The first-order valence-electron chi connectivity index (χ1n) is 13.7. The number of imidazole rings is 1. The molecule has 1 N–H and O–H groups in total. The van der Waals surface area contributed by atoms with Gasteiger partial charge in [0.15, 0.2) is 5.82 Å². The molecule has 0 saturated carbocycles. The van der Waals surface area contributed by atoms with Gasteiger partial charge in [-0.2, -0.15) is 0 Å². The van der Waals surface area contributed by atoms with Gasteiger partial charge in [-0.1, -0.05) is 84.0 Å². The first kappa shape index (κ1) is 26.4. The number of aromatic hydroxyl groups is 1. The first-order chi connectivity index (χ1) is 18.7. The van der Waals surface area contributed by atoms with E-state index in [1.807, 2.05) is 37.4 Å². The zero-order chi connectivity index (χ0) is 27.8. The van der Waals surface area contributed by atoms with Crippen molar-refractivity contribution in [2.75, 3.05) is 0 Å². The van der Waals surface area contributed by atoms with E-state index in [0.29, 0.717) is 35.1 Å². The van der Waals surface area contributed by atoms with E-state index in [2.05, 4.69) is 76.6 Å². The molecule has 0 unspecified atom stereocenters. The predicted molar refractivity (Wildman–Crippen MR) is 158 cm³/mol. The summed E-state index contributed by atoms with van der Waals surface area (Å²) in [6.07, 6.45) is 3.95. The Labute approximate surface area is 231 Å². The van der Waals surface area contributed by atoms with Gasteiger partial charge in [0.1, 0.15) is 23.1 Å². The average Bonchev–Trinajstić information content (AvgIpc) is 3.55. The number of hydrogen-bond acceptors (Lipinski definition) is 4. The maximum absolute atomic E-state index is 10.3. The van der Waals surface area contributed by atoms with Gasteiger partial charge in [0, 0.05) is 23.5 Å². The zero-order valence-corrected chi connectivity index (χ0v) is 23.8. The standard InChI is InChI=1S/C33H37N5O/c1-20(2)26-18-27(21(3)4)31(28(19-26)22(5)6)37-16-15-34-33(37)25-12-10-11-24(17-25)32-35-23(7)38(36-32)29-13-8-9-14-30(29)39/h8-22,39H,1-7H3.